The second-order valence-electron chi connectivity index (χ2n) is 7.11. The predicted octanol–water partition coefficient (Wildman–Crippen LogP) is 3.92. The molecule has 4 aromatic rings. The maximum Gasteiger partial charge on any atom is 0.100 e. The Bertz CT molecular complexity index is 1070. The fraction of sp³-hybridized carbons (Fsp3) is 0.217. The molecule has 5 nitrogen and oxygen atoms in total. The summed E-state index contributed by atoms with van der Waals surface area (Å²) in [6, 6.07) is 19.2. The van der Waals surface area contributed by atoms with Crippen LogP contribution in [0.4, 0.5) is 0 Å². The SMILES string of the molecule is c1cc(-c2ccc3ncn(-c4ccc(CN5CCOCC5)cc4)c3c2)ccn1. The van der Waals surface area contributed by atoms with Crippen molar-refractivity contribution in [3.63, 3.8) is 0 Å². The molecule has 5 rings (SSSR count). The number of benzene rings is 2. The Morgan fingerprint density at radius 3 is 2.43 bits per heavy atom. The molecule has 0 N–H and O–H groups in total. The molecule has 0 amide bonds. The number of hydrogen-bond acceptors (Lipinski definition) is 4. The molecule has 0 bridgehead atoms. The number of fused-ring (bicyclic) bond motifs is 1. The molecule has 1 aliphatic heterocycles. The number of morpholine rings is 1. The van der Waals surface area contributed by atoms with E-state index in [1.54, 1.807) is 0 Å². The Morgan fingerprint density at radius 2 is 1.64 bits per heavy atom. The van der Waals surface area contributed by atoms with Gasteiger partial charge in [0.1, 0.15) is 6.33 Å². The molecule has 0 saturated carbocycles. The summed E-state index contributed by atoms with van der Waals surface area (Å²) < 4.78 is 7.58. The van der Waals surface area contributed by atoms with Crippen LogP contribution >= 0.6 is 0 Å². The van der Waals surface area contributed by atoms with Gasteiger partial charge in [-0.25, -0.2) is 4.98 Å². The fourth-order valence-corrected chi connectivity index (χ4v) is 3.72. The number of hydrogen-bond donors (Lipinski definition) is 0. The summed E-state index contributed by atoms with van der Waals surface area (Å²) in [5.41, 5.74) is 6.88. The van der Waals surface area contributed by atoms with Crippen LogP contribution in [0.25, 0.3) is 27.8 Å². The van der Waals surface area contributed by atoms with Gasteiger partial charge < -0.3 is 4.74 Å². The Balaban J connectivity index is 1.44. The second kappa shape index (κ2) is 7.54. The first-order valence-corrected chi connectivity index (χ1v) is 9.64. The van der Waals surface area contributed by atoms with Crippen molar-refractivity contribution in [1.82, 2.24) is 19.4 Å². The summed E-state index contributed by atoms with van der Waals surface area (Å²) in [7, 11) is 0. The summed E-state index contributed by atoms with van der Waals surface area (Å²) >= 11 is 0. The molecule has 0 aliphatic carbocycles. The average Bonchev–Trinajstić information content (AvgIpc) is 3.19. The molecule has 5 heteroatoms. The molecule has 2 aromatic heterocycles. The summed E-state index contributed by atoms with van der Waals surface area (Å²) in [5.74, 6) is 0. The Hall–Kier alpha value is -3.02. The van der Waals surface area contributed by atoms with Crippen molar-refractivity contribution in [3.8, 4) is 16.8 Å². The third kappa shape index (κ3) is 3.42. The van der Waals surface area contributed by atoms with E-state index in [-0.39, 0.29) is 0 Å². The van der Waals surface area contributed by atoms with Crippen molar-refractivity contribution < 1.29 is 4.74 Å². The minimum absolute atomic E-state index is 0.832. The lowest BCUT2D eigenvalue weighted by Crippen LogP contribution is -2.35. The summed E-state index contributed by atoms with van der Waals surface area (Å²) in [5, 5.41) is 0. The summed E-state index contributed by atoms with van der Waals surface area (Å²) in [4.78, 5) is 11.1. The normalized spacial score (nSPS) is 15.1. The van der Waals surface area contributed by atoms with Crippen LogP contribution in [0, 0.1) is 0 Å². The van der Waals surface area contributed by atoms with E-state index in [1.807, 2.05) is 30.9 Å². The highest BCUT2D eigenvalue weighted by Crippen LogP contribution is 2.25. The number of nitrogens with zero attached hydrogens (tertiary/aromatic N) is 4. The van der Waals surface area contributed by atoms with Crippen LogP contribution in [0.5, 0.6) is 0 Å². The van der Waals surface area contributed by atoms with E-state index in [9.17, 15) is 0 Å². The second-order valence-corrected chi connectivity index (χ2v) is 7.11. The van der Waals surface area contributed by atoms with Gasteiger partial charge in [0.15, 0.2) is 0 Å². The largest absolute Gasteiger partial charge is 0.379 e. The van der Waals surface area contributed by atoms with E-state index in [4.69, 9.17) is 4.74 Å². The lowest BCUT2D eigenvalue weighted by molar-refractivity contribution is 0.0342. The zero-order chi connectivity index (χ0) is 18.8. The Kier molecular flexibility index (Phi) is 4.61. The molecule has 1 aliphatic rings. The monoisotopic (exact) mass is 370 g/mol. The van der Waals surface area contributed by atoms with E-state index in [2.05, 4.69) is 61.9 Å². The quantitative estimate of drug-likeness (QED) is 0.546. The maximum atomic E-state index is 5.43. The number of pyridine rings is 1. The fourth-order valence-electron chi connectivity index (χ4n) is 3.72. The lowest BCUT2D eigenvalue weighted by Gasteiger charge is -2.26. The molecular weight excluding hydrogens is 348 g/mol. The van der Waals surface area contributed by atoms with Crippen LogP contribution < -0.4 is 0 Å². The minimum Gasteiger partial charge on any atom is -0.379 e. The first-order chi connectivity index (χ1) is 13.9. The van der Waals surface area contributed by atoms with Gasteiger partial charge in [-0.15, -0.1) is 0 Å². The molecule has 3 heterocycles. The van der Waals surface area contributed by atoms with Gasteiger partial charge in [0.05, 0.1) is 24.2 Å². The van der Waals surface area contributed by atoms with Gasteiger partial charge in [-0.3, -0.25) is 14.5 Å². The number of aromatic nitrogens is 3. The molecule has 1 fully saturated rings. The molecule has 0 radical (unpaired) electrons. The zero-order valence-corrected chi connectivity index (χ0v) is 15.7. The topological polar surface area (TPSA) is 43.2 Å². The van der Waals surface area contributed by atoms with E-state index >= 15 is 0 Å². The van der Waals surface area contributed by atoms with Crippen LogP contribution in [0.1, 0.15) is 5.56 Å². The van der Waals surface area contributed by atoms with Crippen LogP contribution in [-0.2, 0) is 11.3 Å². The average molecular weight is 370 g/mol. The number of rotatable bonds is 4. The highest BCUT2D eigenvalue weighted by molar-refractivity contribution is 5.83. The molecule has 1 saturated heterocycles. The zero-order valence-electron chi connectivity index (χ0n) is 15.7. The maximum absolute atomic E-state index is 5.43. The number of imidazole rings is 1. The Morgan fingerprint density at radius 1 is 0.857 bits per heavy atom. The van der Waals surface area contributed by atoms with Gasteiger partial charge in [-0.1, -0.05) is 18.2 Å². The van der Waals surface area contributed by atoms with E-state index in [0.29, 0.717) is 0 Å². The van der Waals surface area contributed by atoms with Crippen LogP contribution in [0.2, 0.25) is 0 Å². The standard InChI is InChI=1S/C23H22N4O/c1-4-21(5-2-18(1)16-26-11-13-28-14-12-26)27-17-25-22-6-3-20(15-23(22)27)19-7-9-24-10-8-19/h1-10,15,17H,11-14,16H2. The van der Waals surface area contributed by atoms with Crippen molar-refractivity contribution in [2.45, 2.75) is 6.54 Å². The lowest BCUT2D eigenvalue weighted by atomic mass is 10.1. The van der Waals surface area contributed by atoms with Crippen LogP contribution in [0.15, 0.2) is 73.3 Å². The van der Waals surface area contributed by atoms with Gasteiger partial charge in [0.25, 0.3) is 0 Å². The van der Waals surface area contributed by atoms with E-state index < -0.39 is 0 Å². The molecule has 0 unspecified atom stereocenters. The van der Waals surface area contributed by atoms with Crippen LogP contribution in [-0.4, -0.2) is 45.7 Å². The van der Waals surface area contributed by atoms with Crippen molar-refractivity contribution in [1.29, 1.82) is 0 Å². The van der Waals surface area contributed by atoms with Crippen molar-refractivity contribution in [2.24, 2.45) is 0 Å². The summed E-state index contributed by atoms with van der Waals surface area (Å²) in [6.45, 7) is 4.65. The molecule has 140 valence electrons. The predicted molar refractivity (Wildman–Crippen MR) is 110 cm³/mol. The summed E-state index contributed by atoms with van der Waals surface area (Å²) in [6.07, 6.45) is 5.55. The highest BCUT2D eigenvalue weighted by Gasteiger charge is 2.11. The number of ether oxygens (including phenoxy) is 1. The smallest absolute Gasteiger partial charge is 0.100 e. The van der Waals surface area contributed by atoms with Crippen molar-refractivity contribution in [3.05, 3.63) is 78.9 Å². The van der Waals surface area contributed by atoms with E-state index in [0.717, 1.165) is 55.1 Å². The van der Waals surface area contributed by atoms with E-state index in [1.165, 1.54) is 11.1 Å². The Labute approximate surface area is 164 Å². The van der Waals surface area contributed by atoms with Gasteiger partial charge in [0.2, 0.25) is 0 Å². The molecular formula is C23H22N4O. The van der Waals surface area contributed by atoms with Crippen molar-refractivity contribution in [2.75, 3.05) is 26.3 Å². The van der Waals surface area contributed by atoms with Gasteiger partial charge >= 0.3 is 0 Å². The first kappa shape index (κ1) is 17.1. The van der Waals surface area contributed by atoms with Crippen molar-refractivity contribution >= 4 is 11.0 Å². The third-order valence-corrected chi connectivity index (χ3v) is 5.29. The minimum atomic E-state index is 0.832. The van der Waals surface area contributed by atoms with Gasteiger partial charge in [-0.2, -0.15) is 0 Å². The molecule has 28 heavy (non-hydrogen) atoms. The molecule has 0 spiro atoms. The molecule has 0 atom stereocenters. The van der Waals surface area contributed by atoms with Crippen LogP contribution in [0.3, 0.4) is 0 Å². The third-order valence-electron chi connectivity index (χ3n) is 5.29. The van der Waals surface area contributed by atoms with Gasteiger partial charge in [-0.05, 0) is 53.1 Å². The first-order valence-electron chi connectivity index (χ1n) is 9.64. The highest BCUT2D eigenvalue weighted by atomic mass is 16.5. The molecule has 2 aromatic carbocycles. The van der Waals surface area contributed by atoms with Gasteiger partial charge in [0, 0.05) is 37.7 Å².